The Morgan fingerprint density at radius 2 is 1.92 bits per heavy atom. The molecule has 4 rings (SSSR count). The Morgan fingerprint density at radius 3 is 2.77 bits per heavy atom. The largest absolute Gasteiger partial charge is 0.376 e. The third-order valence-electron chi connectivity index (χ3n) is 5.12. The van der Waals surface area contributed by atoms with Gasteiger partial charge in [0, 0.05) is 12.0 Å². The number of amides is 2. The van der Waals surface area contributed by atoms with Crippen LogP contribution >= 0.6 is 0 Å². The van der Waals surface area contributed by atoms with Crippen LogP contribution in [0.25, 0.3) is 0 Å². The van der Waals surface area contributed by atoms with Crippen molar-refractivity contribution in [1.29, 1.82) is 0 Å². The molecular weight excluding hydrogens is 328 g/mol. The van der Waals surface area contributed by atoms with Crippen LogP contribution in [-0.2, 0) is 22.6 Å². The van der Waals surface area contributed by atoms with Crippen molar-refractivity contribution in [3.63, 3.8) is 0 Å². The van der Waals surface area contributed by atoms with Crippen LogP contribution in [0.15, 0.2) is 48.5 Å². The molecule has 0 aliphatic carbocycles. The van der Waals surface area contributed by atoms with Crippen LogP contribution in [0.2, 0.25) is 0 Å². The highest BCUT2D eigenvalue weighted by Gasteiger charge is 2.31. The fourth-order valence-electron chi connectivity index (χ4n) is 3.69. The minimum atomic E-state index is -0.201. The van der Waals surface area contributed by atoms with E-state index in [0.29, 0.717) is 31.6 Å². The van der Waals surface area contributed by atoms with Crippen molar-refractivity contribution >= 4 is 11.8 Å². The minimum Gasteiger partial charge on any atom is -0.376 e. The summed E-state index contributed by atoms with van der Waals surface area (Å²) in [6.07, 6.45) is 1.90. The zero-order chi connectivity index (χ0) is 17.9. The molecule has 2 amide bonds. The van der Waals surface area contributed by atoms with Crippen molar-refractivity contribution in [2.24, 2.45) is 0 Å². The monoisotopic (exact) mass is 350 g/mol. The number of hydrogen-bond acceptors (Lipinski definition) is 3. The zero-order valence-electron chi connectivity index (χ0n) is 14.5. The van der Waals surface area contributed by atoms with E-state index in [1.807, 2.05) is 48.5 Å². The summed E-state index contributed by atoms with van der Waals surface area (Å²) in [6, 6.07) is 15.3. The van der Waals surface area contributed by atoms with Crippen LogP contribution in [0.1, 0.15) is 45.9 Å². The zero-order valence-corrected chi connectivity index (χ0v) is 14.5. The molecule has 5 heteroatoms. The molecule has 0 saturated carbocycles. The van der Waals surface area contributed by atoms with Gasteiger partial charge in [0.15, 0.2) is 0 Å². The smallest absolute Gasteiger partial charge is 0.251 e. The lowest BCUT2D eigenvalue weighted by Gasteiger charge is -2.33. The molecule has 2 aromatic rings. The second kappa shape index (κ2) is 7.30. The van der Waals surface area contributed by atoms with Gasteiger partial charge in [-0.1, -0.05) is 36.4 Å². The Bertz CT molecular complexity index is 819. The fraction of sp³-hybridized carbons (Fsp3) is 0.333. The highest BCUT2D eigenvalue weighted by molar-refractivity contribution is 5.95. The van der Waals surface area contributed by atoms with Gasteiger partial charge in [0.05, 0.1) is 25.3 Å². The molecule has 2 N–H and O–H groups in total. The van der Waals surface area contributed by atoms with Crippen LogP contribution in [0.3, 0.4) is 0 Å². The molecule has 2 aromatic carbocycles. The predicted molar refractivity (Wildman–Crippen MR) is 97.6 cm³/mol. The molecule has 2 atom stereocenters. The number of hydrogen-bond donors (Lipinski definition) is 2. The molecule has 5 nitrogen and oxygen atoms in total. The van der Waals surface area contributed by atoms with Gasteiger partial charge < -0.3 is 15.4 Å². The molecule has 1 fully saturated rings. The molecule has 2 aliphatic rings. The van der Waals surface area contributed by atoms with E-state index in [1.165, 1.54) is 5.56 Å². The Labute approximate surface area is 152 Å². The van der Waals surface area contributed by atoms with Crippen molar-refractivity contribution in [2.45, 2.75) is 38.0 Å². The molecule has 2 aliphatic heterocycles. The van der Waals surface area contributed by atoms with E-state index in [1.54, 1.807) is 0 Å². The molecule has 0 aromatic heterocycles. The SMILES string of the molecule is O=C1CC[C@@H](NC(=O)c2ccc3c(c2)CCOC3)[C@H](c2ccccc2)N1. The molecule has 2 heterocycles. The number of fused-ring (bicyclic) bond motifs is 1. The van der Waals surface area contributed by atoms with Crippen LogP contribution in [0, 0.1) is 0 Å². The van der Waals surface area contributed by atoms with Crippen LogP contribution in [0.4, 0.5) is 0 Å². The lowest BCUT2D eigenvalue weighted by Crippen LogP contribution is -2.50. The molecular formula is C21H22N2O3. The quantitative estimate of drug-likeness (QED) is 0.894. The number of carbonyl (C=O) groups is 2. The van der Waals surface area contributed by atoms with Gasteiger partial charge in [0.25, 0.3) is 5.91 Å². The third-order valence-corrected chi connectivity index (χ3v) is 5.12. The molecule has 26 heavy (non-hydrogen) atoms. The predicted octanol–water partition coefficient (Wildman–Crippen LogP) is 2.51. The van der Waals surface area contributed by atoms with Crippen molar-refractivity contribution in [3.05, 3.63) is 70.8 Å². The third kappa shape index (κ3) is 3.48. The van der Waals surface area contributed by atoms with E-state index in [0.717, 1.165) is 17.5 Å². The van der Waals surface area contributed by atoms with Crippen molar-refractivity contribution in [3.8, 4) is 0 Å². The second-order valence-corrected chi connectivity index (χ2v) is 6.86. The lowest BCUT2D eigenvalue weighted by atomic mass is 9.91. The maximum absolute atomic E-state index is 12.8. The van der Waals surface area contributed by atoms with Gasteiger partial charge in [0.2, 0.25) is 5.91 Å². The van der Waals surface area contributed by atoms with E-state index in [9.17, 15) is 9.59 Å². The Hall–Kier alpha value is -2.66. The van der Waals surface area contributed by atoms with E-state index < -0.39 is 0 Å². The van der Waals surface area contributed by atoms with Gasteiger partial charge in [-0.2, -0.15) is 0 Å². The molecule has 0 unspecified atom stereocenters. The van der Waals surface area contributed by atoms with Gasteiger partial charge in [-0.25, -0.2) is 0 Å². The number of carbonyl (C=O) groups excluding carboxylic acids is 2. The number of benzene rings is 2. The summed E-state index contributed by atoms with van der Waals surface area (Å²) >= 11 is 0. The van der Waals surface area contributed by atoms with Crippen LogP contribution in [-0.4, -0.2) is 24.5 Å². The van der Waals surface area contributed by atoms with E-state index >= 15 is 0 Å². The minimum absolute atomic E-state index is 0.0260. The average molecular weight is 350 g/mol. The van der Waals surface area contributed by atoms with Crippen LogP contribution in [0.5, 0.6) is 0 Å². The van der Waals surface area contributed by atoms with E-state index in [-0.39, 0.29) is 23.9 Å². The molecule has 0 radical (unpaired) electrons. The molecule has 0 spiro atoms. The van der Waals surface area contributed by atoms with E-state index in [4.69, 9.17) is 4.74 Å². The summed E-state index contributed by atoms with van der Waals surface area (Å²) in [6.45, 7) is 1.31. The standard InChI is InChI=1S/C21H22N2O3/c24-19-9-8-18(20(23-19)14-4-2-1-3-5-14)22-21(25)16-6-7-17-13-26-11-10-15(17)12-16/h1-7,12,18,20H,8-11,13H2,(H,22,25)(H,23,24)/t18-,20+/m1/s1. The van der Waals surface area contributed by atoms with Crippen molar-refractivity contribution in [1.82, 2.24) is 10.6 Å². The first kappa shape index (κ1) is 16.8. The van der Waals surface area contributed by atoms with Crippen molar-refractivity contribution in [2.75, 3.05) is 6.61 Å². The highest BCUT2D eigenvalue weighted by atomic mass is 16.5. The van der Waals surface area contributed by atoms with Crippen molar-refractivity contribution < 1.29 is 14.3 Å². The number of nitrogens with one attached hydrogen (secondary N) is 2. The van der Waals surface area contributed by atoms with Gasteiger partial charge in [-0.05, 0) is 41.7 Å². The Balaban J connectivity index is 1.53. The lowest BCUT2D eigenvalue weighted by molar-refractivity contribution is -0.123. The first-order valence-corrected chi connectivity index (χ1v) is 9.05. The first-order chi connectivity index (χ1) is 12.7. The molecule has 1 saturated heterocycles. The summed E-state index contributed by atoms with van der Waals surface area (Å²) in [4.78, 5) is 24.7. The highest BCUT2D eigenvalue weighted by Crippen LogP contribution is 2.25. The van der Waals surface area contributed by atoms with Gasteiger partial charge >= 0.3 is 0 Å². The Morgan fingerprint density at radius 1 is 1.08 bits per heavy atom. The number of piperidine rings is 1. The van der Waals surface area contributed by atoms with Gasteiger partial charge in [-0.15, -0.1) is 0 Å². The maximum Gasteiger partial charge on any atom is 0.251 e. The summed E-state index contributed by atoms with van der Waals surface area (Å²) in [5.41, 5.74) is 4.00. The van der Waals surface area contributed by atoms with Gasteiger partial charge in [0.1, 0.15) is 0 Å². The topological polar surface area (TPSA) is 67.4 Å². The second-order valence-electron chi connectivity index (χ2n) is 6.86. The summed E-state index contributed by atoms with van der Waals surface area (Å²) in [5.74, 6) is -0.0699. The first-order valence-electron chi connectivity index (χ1n) is 9.05. The van der Waals surface area contributed by atoms with Gasteiger partial charge in [-0.3, -0.25) is 9.59 Å². The summed E-state index contributed by atoms with van der Waals surface area (Å²) in [7, 11) is 0. The Kier molecular flexibility index (Phi) is 4.71. The maximum atomic E-state index is 12.8. The van der Waals surface area contributed by atoms with Crippen LogP contribution < -0.4 is 10.6 Å². The molecule has 0 bridgehead atoms. The number of rotatable bonds is 3. The fourth-order valence-corrected chi connectivity index (χ4v) is 3.69. The number of ether oxygens (including phenoxy) is 1. The molecule has 134 valence electrons. The van der Waals surface area contributed by atoms with E-state index in [2.05, 4.69) is 10.6 Å². The average Bonchev–Trinajstić information content (AvgIpc) is 2.69. The normalized spacial score (nSPS) is 22.2. The summed E-state index contributed by atoms with van der Waals surface area (Å²) < 4.78 is 5.45. The summed E-state index contributed by atoms with van der Waals surface area (Å²) in [5, 5.41) is 6.15.